The van der Waals surface area contributed by atoms with Gasteiger partial charge in [0.1, 0.15) is 0 Å². The fraction of sp³-hybridized carbons (Fsp3) is 0.706. The fourth-order valence-corrected chi connectivity index (χ4v) is 3.17. The van der Waals surface area contributed by atoms with Crippen molar-refractivity contribution in [1.82, 2.24) is 20.1 Å². The van der Waals surface area contributed by atoms with Crippen LogP contribution in [0.15, 0.2) is 4.42 Å². The summed E-state index contributed by atoms with van der Waals surface area (Å²) in [5.41, 5.74) is 0.653. The molecule has 7 heteroatoms. The van der Waals surface area contributed by atoms with E-state index in [4.69, 9.17) is 4.42 Å². The Hall–Kier alpha value is -1.89. The molecule has 2 unspecified atom stereocenters. The van der Waals surface area contributed by atoms with E-state index in [1.165, 1.54) is 0 Å². The molecule has 1 saturated heterocycles. The summed E-state index contributed by atoms with van der Waals surface area (Å²) in [6, 6.07) is -0.140. The number of carbonyl (C=O) groups is 2. The number of oxazole rings is 1. The smallest absolute Gasteiger partial charge is 0.289 e. The highest BCUT2D eigenvalue weighted by molar-refractivity contribution is 5.92. The summed E-state index contributed by atoms with van der Waals surface area (Å²) in [4.78, 5) is 32.6. The van der Waals surface area contributed by atoms with E-state index >= 15 is 0 Å². The Labute approximate surface area is 142 Å². The average molecular weight is 334 g/mol. The molecule has 3 rings (SSSR count). The second-order valence-electron chi connectivity index (χ2n) is 7.10. The molecule has 132 valence electrons. The third kappa shape index (κ3) is 3.45. The molecule has 0 radical (unpaired) electrons. The first kappa shape index (κ1) is 17.0. The molecule has 2 aliphatic rings. The highest BCUT2D eigenvalue weighted by Crippen LogP contribution is 2.40. The van der Waals surface area contributed by atoms with Crippen LogP contribution in [0.3, 0.4) is 0 Å². The van der Waals surface area contributed by atoms with Gasteiger partial charge in [-0.3, -0.25) is 14.5 Å². The van der Waals surface area contributed by atoms with Gasteiger partial charge in [-0.25, -0.2) is 4.98 Å². The number of aryl methyl sites for hydroxylation is 1. The van der Waals surface area contributed by atoms with Crippen molar-refractivity contribution in [1.29, 1.82) is 0 Å². The van der Waals surface area contributed by atoms with E-state index in [0.717, 1.165) is 25.8 Å². The van der Waals surface area contributed by atoms with E-state index < -0.39 is 0 Å². The number of rotatable bonds is 5. The van der Waals surface area contributed by atoms with Crippen LogP contribution < -0.4 is 5.32 Å². The SMILES string of the molecule is Cc1nc(C2CC2)oc1C(=O)NC1CCN(C(C)C(=O)N(C)C)C1. The Balaban J connectivity index is 1.57. The number of likely N-dealkylation sites (N-methyl/N-ethyl adjacent to an activating group) is 1. The van der Waals surface area contributed by atoms with Gasteiger partial charge in [-0.2, -0.15) is 0 Å². The molecule has 7 nitrogen and oxygen atoms in total. The van der Waals surface area contributed by atoms with Gasteiger partial charge in [0.2, 0.25) is 11.7 Å². The molecule has 1 aliphatic heterocycles. The van der Waals surface area contributed by atoms with Crippen molar-refractivity contribution in [3.05, 3.63) is 17.3 Å². The molecule has 1 N–H and O–H groups in total. The topological polar surface area (TPSA) is 78.7 Å². The number of likely N-dealkylation sites (tertiary alicyclic amines) is 1. The van der Waals surface area contributed by atoms with Gasteiger partial charge in [-0.15, -0.1) is 0 Å². The van der Waals surface area contributed by atoms with E-state index in [0.29, 0.717) is 29.8 Å². The normalized spacial score (nSPS) is 22.4. The average Bonchev–Trinajstić information content (AvgIpc) is 3.16. The number of amides is 2. The Morgan fingerprint density at radius 1 is 1.33 bits per heavy atom. The molecular formula is C17H26N4O3. The molecule has 24 heavy (non-hydrogen) atoms. The molecule has 1 saturated carbocycles. The highest BCUT2D eigenvalue weighted by Gasteiger charge is 2.33. The Morgan fingerprint density at radius 2 is 2.04 bits per heavy atom. The Kier molecular flexibility index (Phi) is 4.62. The molecule has 0 spiro atoms. The van der Waals surface area contributed by atoms with Gasteiger partial charge in [0.05, 0.1) is 11.7 Å². The molecule has 0 bridgehead atoms. The zero-order chi connectivity index (χ0) is 17.4. The van der Waals surface area contributed by atoms with E-state index in [1.807, 2.05) is 13.8 Å². The van der Waals surface area contributed by atoms with Crippen LogP contribution in [0, 0.1) is 6.92 Å². The van der Waals surface area contributed by atoms with Crippen LogP contribution in [-0.2, 0) is 4.79 Å². The second kappa shape index (κ2) is 6.55. The minimum Gasteiger partial charge on any atom is -0.435 e. The van der Waals surface area contributed by atoms with Crippen LogP contribution in [0.5, 0.6) is 0 Å². The van der Waals surface area contributed by atoms with Crippen molar-refractivity contribution < 1.29 is 14.0 Å². The first-order valence-corrected chi connectivity index (χ1v) is 8.60. The molecule has 1 aromatic heterocycles. The molecule has 2 amide bonds. The first-order valence-electron chi connectivity index (χ1n) is 8.60. The van der Waals surface area contributed by atoms with Crippen molar-refractivity contribution in [3.8, 4) is 0 Å². The third-order valence-corrected chi connectivity index (χ3v) is 4.85. The summed E-state index contributed by atoms with van der Waals surface area (Å²) in [5.74, 6) is 1.29. The van der Waals surface area contributed by atoms with Gasteiger partial charge in [0, 0.05) is 39.1 Å². The summed E-state index contributed by atoms with van der Waals surface area (Å²) >= 11 is 0. The predicted molar refractivity (Wildman–Crippen MR) is 88.8 cm³/mol. The maximum atomic E-state index is 12.5. The number of hydrogen-bond donors (Lipinski definition) is 1. The minimum atomic E-state index is -0.203. The van der Waals surface area contributed by atoms with E-state index in [1.54, 1.807) is 19.0 Å². The van der Waals surface area contributed by atoms with Gasteiger partial charge in [-0.05, 0) is 33.1 Å². The highest BCUT2D eigenvalue weighted by atomic mass is 16.4. The van der Waals surface area contributed by atoms with Crippen LogP contribution in [0.2, 0.25) is 0 Å². The van der Waals surface area contributed by atoms with Crippen molar-refractivity contribution in [2.24, 2.45) is 0 Å². The molecule has 2 fully saturated rings. The fourth-order valence-electron chi connectivity index (χ4n) is 3.17. The van der Waals surface area contributed by atoms with Gasteiger partial charge >= 0.3 is 0 Å². The summed E-state index contributed by atoms with van der Waals surface area (Å²) in [5, 5.41) is 3.02. The van der Waals surface area contributed by atoms with Gasteiger partial charge in [0.25, 0.3) is 5.91 Å². The van der Waals surface area contributed by atoms with Crippen molar-refractivity contribution in [3.63, 3.8) is 0 Å². The van der Waals surface area contributed by atoms with Crippen LogP contribution >= 0.6 is 0 Å². The van der Waals surface area contributed by atoms with Gasteiger partial charge < -0.3 is 14.6 Å². The number of hydrogen-bond acceptors (Lipinski definition) is 5. The number of aromatic nitrogens is 1. The number of nitrogens with one attached hydrogen (secondary N) is 1. The quantitative estimate of drug-likeness (QED) is 0.874. The largest absolute Gasteiger partial charge is 0.435 e. The Bertz CT molecular complexity index is 636. The summed E-state index contributed by atoms with van der Waals surface area (Å²) in [6.07, 6.45) is 3.02. The number of nitrogens with zero attached hydrogens (tertiary/aromatic N) is 3. The third-order valence-electron chi connectivity index (χ3n) is 4.85. The van der Waals surface area contributed by atoms with Crippen LogP contribution in [0.25, 0.3) is 0 Å². The standard InChI is InChI=1S/C17H26N4O3/c1-10-14(24-16(18-10)12-5-6-12)15(22)19-13-7-8-21(9-13)11(2)17(23)20(3)4/h11-13H,5-9H2,1-4H3,(H,19,22). The zero-order valence-electron chi connectivity index (χ0n) is 14.8. The van der Waals surface area contributed by atoms with Crippen molar-refractivity contribution >= 4 is 11.8 Å². The van der Waals surface area contributed by atoms with E-state index in [2.05, 4.69) is 15.2 Å². The van der Waals surface area contributed by atoms with E-state index in [9.17, 15) is 9.59 Å². The molecule has 2 atom stereocenters. The van der Waals surface area contributed by atoms with Crippen molar-refractivity contribution in [2.45, 2.75) is 51.1 Å². The maximum Gasteiger partial charge on any atom is 0.289 e. The molecular weight excluding hydrogens is 308 g/mol. The summed E-state index contributed by atoms with van der Waals surface area (Å²) in [6.45, 7) is 5.20. The van der Waals surface area contributed by atoms with Crippen LogP contribution in [0.4, 0.5) is 0 Å². The monoisotopic (exact) mass is 334 g/mol. The molecule has 1 aliphatic carbocycles. The van der Waals surface area contributed by atoms with Crippen LogP contribution in [-0.4, -0.2) is 65.9 Å². The minimum absolute atomic E-state index is 0.0313. The first-order chi connectivity index (χ1) is 11.4. The molecule has 0 aromatic carbocycles. The van der Waals surface area contributed by atoms with Gasteiger partial charge in [-0.1, -0.05) is 0 Å². The summed E-state index contributed by atoms with van der Waals surface area (Å²) < 4.78 is 5.66. The molecule has 2 heterocycles. The maximum absolute atomic E-state index is 12.5. The lowest BCUT2D eigenvalue weighted by molar-refractivity contribution is -0.133. The van der Waals surface area contributed by atoms with Crippen molar-refractivity contribution in [2.75, 3.05) is 27.2 Å². The Morgan fingerprint density at radius 3 is 2.67 bits per heavy atom. The molecule has 1 aromatic rings. The number of carbonyl (C=O) groups excluding carboxylic acids is 2. The lowest BCUT2D eigenvalue weighted by Gasteiger charge is -2.26. The zero-order valence-corrected chi connectivity index (χ0v) is 14.8. The predicted octanol–water partition coefficient (Wildman–Crippen LogP) is 1.14. The second-order valence-corrected chi connectivity index (χ2v) is 7.10. The van der Waals surface area contributed by atoms with E-state index in [-0.39, 0.29) is 23.9 Å². The lowest BCUT2D eigenvalue weighted by atomic mass is 10.2. The van der Waals surface area contributed by atoms with Gasteiger partial charge in [0.15, 0.2) is 5.89 Å². The lowest BCUT2D eigenvalue weighted by Crippen LogP contribution is -2.45. The van der Waals surface area contributed by atoms with Crippen LogP contribution in [0.1, 0.15) is 54.2 Å². The summed E-state index contributed by atoms with van der Waals surface area (Å²) in [7, 11) is 3.52.